The summed E-state index contributed by atoms with van der Waals surface area (Å²) in [4.78, 5) is 29.7. The van der Waals surface area contributed by atoms with Gasteiger partial charge in [0.15, 0.2) is 11.7 Å². The highest BCUT2D eigenvalue weighted by Gasteiger charge is 2.42. The van der Waals surface area contributed by atoms with Gasteiger partial charge in [0, 0.05) is 12.5 Å². The lowest BCUT2D eigenvalue weighted by atomic mass is 10.1. The fourth-order valence-electron chi connectivity index (χ4n) is 3.96. The summed E-state index contributed by atoms with van der Waals surface area (Å²) in [5.41, 5.74) is 0.955. The first-order valence-electron chi connectivity index (χ1n) is 9.00. The molecule has 124 valence electrons. The predicted octanol–water partition coefficient (Wildman–Crippen LogP) is 3.26. The number of fused-ring (bicyclic) bond motifs is 3. The van der Waals surface area contributed by atoms with E-state index in [1.165, 1.54) is 25.7 Å². The number of nitrogens with one attached hydrogen (secondary N) is 1. The van der Waals surface area contributed by atoms with E-state index in [1.54, 1.807) is 0 Å². The molecular weight excluding hydrogens is 290 g/mol. The molecule has 23 heavy (non-hydrogen) atoms. The smallest absolute Gasteiger partial charge is 0.331 e. The van der Waals surface area contributed by atoms with Crippen LogP contribution in [-0.2, 0) is 0 Å². The predicted molar refractivity (Wildman–Crippen MR) is 90.2 cm³/mol. The van der Waals surface area contributed by atoms with Gasteiger partial charge < -0.3 is 4.98 Å². The van der Waals surface area contributed by atoms with E-state index in [0.717, 1.165) is 36.0 Å². The molecule has 3 heterocycles. The van der Waals surface area contributed by atoms with Crippen LogP contribution in [0.4, 0.5) is 10.6 Å². The van der Waals surface area contributed by atoms with Crippen molar-refractivity contribution in [3.63, 3.8) is 0 Å². The number of hydrogen-bond donors (Lipinski definition) is 1. The van der Waals surface area contributed by atoms with Crippen molar-refractivity contribution in [2.75, 3.05) is 18.0 Å². The van der Waals surface area contributed by atoms with E-state index in [1.807, 2.05) is 9.80 Å². The van der Waals surface area contributed by atoms with E-state index >= 15 is 0 Å². The molecule has 1 N–H and O–H groups in total. The van der Waals surface area contributed by atoms with Gasteiger partial charge in [0.2, 0.25) is 0 Å². The lowest BCUT2D eigenvalue weighted by Crippen LogP contribution is -2.50. The van der Waals surface area contributed by atoms with Crippen LogP contribution in [0, 0.1) is 0 Å². The molecule has 1 saturated carbocycles. The number of rotatable bonds is 4. The van der Waals surface area contributed by atoms with Crippen LogP contribution in [0.1, 0.15) is 69.8 Å². The highest BCUT2D eigenvalue weighted by Crippen LogP contribution is 2.37. The van der Waals surface area contributed by atoms with Crippen molar-refractivity contribution in [3.8, 4) is 0 Å². The van der Waals surface area contributed by atoms with Gasteiger partial charge in [0.05, 0.1) is 12.6 Å². The topological polar surface area (TPSA) is 64.6 Å². The van der Waals surface area contributed by atoms with Crippen LogP contribution in [0.15, 0.2) is 4.99 Å². The molecule has 2 amide bonds. The van der Waals surface area contributed by atoms with Gasteiger partial charge in [-0.3, -0.25) is 14.8 Å². The molecule has 4 rings (SSSR count). The maximum absolute atomic E-state index is 12.9. The van der Waals surface area contributed by atoms with Crippen molar-refractivity contribution >= 4 is 17.7 Å². The Hall–Kier alpha value is -1.85. The Morgan fingerprint density at radius 2 is 2.04 bits per heavy atom. The molecule has 1 aromatic heterocycles. The van der Waals surface area contributed by atoms with E-state index in [-0.39, 0.29) is 12.1 Å². The average Bonchev–Trinajstić information content (AvgIpc) is 3.28. The zero-order chi connectivity index (χ0) is 16.0. The molecule has 0 radical (unpaired) electrons. The summed E-state index contributed by atoms with van der Waals surface area (Å²) in [6.07, 6.45) is 6.83. The first-order chi connectivity index (χ1) is 11.2. The maximum atomic E-state index is 12.9. The van der Waals surface area contributed by atoms with Crippen molar-refractivity contribution < 1.29 is 4.79 Å². The Kier molecular flexibility index (Phi) is 3.62. The molecule has 0 bridgehead atoms. The van der Waals surface area contributed by atoms with Crippen LogP contribution < -0.4 is 4.90 Å². The van der Waals surface area contributed by atoms with Gasteiger partial charge in [0.25, 0.3) is 0 Å². The first-order valence-corrected chi connectivity index (χ1v) is 9.00. The number of imidazole rings is 1. The third-order valence-electron chi connectivity index (χ3n) is 5.26. The number of H-pyrrole nitrogens is 1. The molecule has 3 aliphatic rings. The van der Waals surface area contributed by atoms with Crippen LogP contribution in [0.3, 0.4) is 0 Å². The standard InChI is InChI=1S/C17H25N5O/c1-3-9-21-16-13(19-14(20-16)11-7-5-6-8-11)15-18-12(4-2)10-22(15)17(21)23/h11-12H,3-10H2,1-2H3,(H,19,20). The number of urea groups is 1. The van der Waals surface area contributed by atoms with Gasteiger partial charge in [-0.2, -0.15) is 0 Å². The maximum Gasteiger partial charge on any atom is 0.331 e. The number of aromatic nitrogens is 2. The minimum Gasteiger partial charge on any atom is -0.337 e. The van der Waals surface area contributed by atoms with E-state index in [2.05, 4.69) is 18.8 Å². The molecule has 1 aliphatic carbocycles. The molecule has 1 fully saturated rings. The van der Waals surface area contributed by atoms with Crippen LogP contribution >= 0.6 is 0 Å². The number of aliphatic imine (C=N–C) groups is 1. The van der Waals surface area contributed by atoms with Crippen molar-refractivity contribution in [2.45, 2.75) is 64.3 Å². The number of carbonyl (C=O) groups is 1. The fourth-order valence-corrected chi connectivity index (χ4v) is 3.96. The number of carbonyl (C=O) groups excluding carboxylic acids is 1. The summed E-state index contributed by atoms with van der Waals surface area (Å²) in [5, 5.41) is 0. The molecule has 1 atom stereocenters. The van der Waals surface area contributed by atoms with Gasteiger partial charge in [-0.25, -0.2) is 9.78 Å². The second-order valence-corrected chi connectivity index (χ2v) is 6.86. The third-order valence-corrected chi connectivity index (χ3v) is 5.26. The Morgan fingerprint density at radius 1 is 1.26 bits per heavy atom. The molecule has 0 spiro atoms. The number of amides is 2. The lowest BCUT2D eigenvalue weighted by Gasteiger charge is -2.32. The number of nitrogens with zero attached hydrogens (tertiary/aromatic N) is 4. The van der Waals surface area contributed by atoms with Crippen LogP contribution in [0.5, 0.6) is 0 Å². The Morgan fingerprint density at radius 3 is 2.74 bits per heavy atom. The van der Waals surface area contributed by atoms with Crippen molar-refractivity contribution in [3.05, 3.63) is 11.5 Å². The Bertz CT molecular complexity index is 643. The summed E-state index contributed by atoms with van der Waals surface area (Å²) in [6, 6.07) is 0.250. The largest absolute Gasteiger partial charge is 0.337 e. The Labute approximate surface area is 137 Å². The highest BCUT2D eigenvalue weighted by molar-refractivity contribution is 6.18. The van der Waals surface area contributed by atoms with E-state index in [4.69, 9.17) is 9.98 Å². The van der Waals surface area contributed by atoms with E-state index < -0.39 is 0 Å². The summed E-state index contributed by atoms with van der Waals surface area (Å²) in [6.45, 7) is 5.63. The number of anilines is 1. The number of aromatic amines is 1. The molecule has 6 heteroatoms. The van der Waals surface area contributed by atoms with Crippen molar-refractivity contribution in [1.29, 1.82) is 0 Å². The van der Waals surface area contributed by atoms with Crippen LogP contribution in [-0.4, -0.2) is 45.9 Å². The monoisotopic (exact) mass is 315 g/mol. The van der Waals surface area contributed by atoms with Crippen molar-refractivity contribution in [1.82, 2.24) is 14.9 Å². The molecule has 1 aromatic rings. The summed E-state index contributed by atoms with van der Waals surface area (Å²) >= 11 is 0. The third kappa shape index (κ3) is 2.26. The Balaban J connectivity index is 1.77. The fraction of sp³-hybridized carbons (Fsp3) is 0.706. The van der Waals surface area contributed by atoms with Crippen LogP contribution in [0.25, 0.3) is 0 Å². The van der Waals surface area contributed by atoms with E-state index in [9.17, 15) is 4.79 Å². The van der Waals surface area contributed by atoms with Gasteiger partial charge in [-0.05, 0) is 25.7 Å². The zero-order valence-electron chi connectivity index (χ0n) is 14.0. The lowest BCUT2D eigenvalue weighted by molar-refractivity contribution is 0.226. The van der Waals surface area contributed by atoms with Gasteiger partial charge in [-0.15, -0.1) is 0 Å². The van der Waals surface area contributed by atoms with Gasteiger partial charge in [-0.1, -0.05) is 26.7 Å². The zero-order valence-corrected chi connectivity index (χ0v) is 14.0. The van der Waals surface area contributed by atoms with Gasteiger partial charge >= 0.3 is 6.03 Å². The molecule has 0 saturated heterocycles. The SMILES string of the molecule is CCCN1C(=O)N2CC(CC)N=C2c2[nH]c(C3CCCC3)nc21. The second-order valence-electron chi connectivity index (χ2n) is 6.86. The summed E-state index contributed by atoms with van der Waals surface area (Å²) in [5.74, 6) is 3.16. The minimum atomic E-state index is 0.0403. The first kappa shape index (κ1) is 14.7. The summed E-state index contributed by atoms with van der Waals surface area (Å²) in [7, 11) is 0. The molecule has 1 unspecified atom stereocenters. The summed E-state index contributed by atoms with van der Waals surface area (Å²) < 4.78 is 0. The van der Waals surface area contributed by atoms with Gasteiger partial charge in [0.1, 0.15) is 11.5 Å². The van der Waals surface area contributed by atoms with Crippen LogP contribution in [0.2, 0.25) is 0 Å². The highest BCUT2D eigenvalue weighted by atomic mass is 16.2. The molecule has 2 aliphatic heterocycles. The molecule has 6 nitrogen and oxygen atoms in total. The normalized spacial score (nSPS) is 24.2. The minimum absolute atomic E-state index is 0.0403. The number of hydrogen-bond acceptors (Lipinski definition) is 3. The molecule has 0 aromatic carbocycles. The van der Waals surface area contributed by atoms with E-state index in [0.29, 0.717) is 19.0 Å². The van der Waals surface area contributed by atoms with Crippen molar-refractivity contribution in [2.24, 2.45) is 4.99 Å². The average molecular weight is 315 g/mol. The quantitative estimate of drug-likeness (QED) is 0.927. The number of amidine groups is 1. The second kappa shape index (κ2) is 5.65. The molecular formula is C17H25N5O.